The summed E-state index contributed by atoms with van der Waals surface area (Å²) in [6, 6.07) is 29.3. The molecule has 0 aliphatic rings. The Morgan fingerprint density at radius 2 is 1.13 bits per heavy atom. The molecule has 2 heteroatoms. The van der Waals surface area contributed by atoms with Crippen LogP contribution in [0.15, 0.2) is 91.0 Å². The number of nitrogens with zero attached hydrogens (tertiary/aromatic N) is 1. The maximum absolute atomic E-state index is 5.70. The first-order chi connectivity index (χ1) is 11.4. The molecule has 23 heavy (non-hydrogen) atoms. The number of anilines is 3. The molecule has 0 amide bonds. The van der Waals surface area contributed by atoms with Crippen LogP contribution >= 0.6 is 11.6 Å². The van der Waals surface area contributed by atoms with Crippen LogP contribution < -0.4 is 4.90 Å². The summed E-state index contributed by atoms with van der Waals surface area (Å²) >= 11 is 5.70. The van der Waals surface area contributed by atoms with Crippen LogP contribution in [0.25, 0.3) is 6.08 Å². The Morgan fingerprint density at radius 1 is 0.652 bits per heavy atom. The lowest BCUT2D eigenvalue weighted by Crippen LogP contribution is -2.09. The summed E-state index contributed by atoms with van der Waals surface area (Å²) in [6.45, 7) is 0. The number of rotatable bonds is 5. The fourth-order valence-corrected chi connectivity index (χ4v) is 2.61. The highest BCUT2D eigenvalue weighted by Crippen LogP contribution is 2.34. The minimum atomic E-state index is 0.530. The van der Waals surface area contributed by atoms with Gasteiger partial charge in [-0.25, -0.2) is 0 Å². The molecule has 3 rings (SSSR count). The Bertz CT molecular complexity index is 709. The van der Waals surface area contributed by atoms with Crippen LogP contribution in [-0.4, -0.2) is 5.88 Å². The van der Waals surface area contributed by atoms with Crippen molar-refractivity contribution in [2.75, 3.05) is 10.8 Å². The van der Waals surface area contributed by atoms with Crippen LogP contribution in [0.3, 0.4) is 0 Å². The maximum atomic E-state index is 5.70. The van der Waals surface area contributed by atoms with Crippen LogP contribution in [-0.2, 0) is 0 Å². The molecule has 0 N–H and O–H groups in total. The number of halogens is 1. The van der Waals surface area contributed by atoms with Gasteiger partial charge in [-0.3, -0.25) is 0 Å². The quantitative estimate of drug-likeness (QED) is 0.491. The molecule has 0 aliphatic heterocycles. The highest BCUT2D eigenvalue weighted by atomic mass is 35.5. The van der Waals surface area contributed by atoms with E-state index < -0.39 is 0 Å². The van der Waals surface area contributed by atoms with Crippen LogP contribution in [0, 0.1) is 0 Å². The molecule has 3 aromatic carbocycles. The Balaban J connectivity index is 2.00. The van der Waals surface area contributed by atoms with Gasteiger partial charge in [-0.05, 0) is 42.0 Å². The average molecular weight is 320 g/mol. The normalized spacial score (nSPS) is 10.8. The molecule has 0 aliphatic carbocycles. The molecular formula is C21H18ClN. The molecule has 0 aromatic heterocycles. The van der Waals surface area contributed by atoms with Gasteiger partial charge in [0.1, 0.15) is 0 Å². The molecular weight excluding hydrogens is 302 g/mol. The van der Waals surface area contributed by atoms with E-state index in [2.05, 4.69) is 77.7 Å². The lowest BCUT2D eigenvalue weighted by Gasteiger charge is -2.25. The van der Waals surface area contributed by atoms with Gasteiger partial charge >= 0.3 is 0 Å². The second-order valence-corrected chi connectivity index (χ2v) is 5.46. The summed E-state index contributed by atoms with van der Waals surface area (Å²) in [6.07, 6.45) is 3.98. The smallest absolute Gasteiger partial charge is 0.0462 e. The van der Waals surface area contributed by atoms with E-state index in [0.717, 1.165) is 22.6 Å². The molecule has 0 heterocycles. The molecule has 0 atom stereocenters. The number of hydrogen-bond donors (Lipinski definition) is 0. The predicted molar refractivity (Wildman–Crippen MR) is 101 cm³/mol. The van der Waals surface area contributed by atoms with Gasteiger partial charge < -0.3 is 4.90 Å². The van der Waals surface area contributed by atoms with Crippen molar-refractivity contribution < 1.29 is 0 Å². The maximum Gasteiger partial charge on any atom is 0.0462 e. The molecule has 114 valence electrons. The third-order valence-corrected chi connectivity index (χ3v) is 3.76. The Morgan fingerprint density at radius 3 is 1.61 bits per heavy atom. The van der Waals surface area contributed by atoms with E-state index >= 15 is 0 Å². The Labute approximate surface area is 142 Å². The van der Waals surface area contributed by atoms with Gasteiger partial charge in [-0.1, -0.05) is 60.7 Å². The van der Waals surface area contributed by atoms with Crippen LogP contribution in [0.2, 0.25) is 0 Å². The lowest BCUT2D eigenvalue weighted by atomic mass is 10.1. The average Bonchev–Trinajstić information content (AvgIpc) is 2.63. The van der Waals surface area contributed by atoms with Crippen molar-refractivity contribution in [3.63, 3.8) is 0 Å². The fraction of sp³-hybridized carbons (Fsp3) is 0.0476. The van der Waals surface area contributed by atoms with Crippen LogP contribution in [0.4, 0.5) is 17.1 Å². The number of hydrogen-bond acceptors (Lipinski definition) is 1. The first-order valence-corrected chi connectivity index (χ1v) is 8.15. The number of para-hydroxylation sites is 2. The molecule has 0 unspecified atom stereocenters. The Kier molecular flexibility index (Phi) is 5.13. The van der Waals surface area contributed by atoms with E-state index in [-0.39, 0.29) is 0 Å². The van der Waals surface area contributed by atoms with E-state index in [9.17, 15) is 0 Å². The van der Waals surface area contributed by atoms with Crippen molar-refractivity contribution in [2.45, 2.75) is 0 Å². The van der Waals surface area contributed by atoms with Crippen molar-refractivity contribution >= 4 is 34.7 Å². The van der Waals surface area contributed by atoms with Gasteiger partial charge in [0, 0.05) is 22.9 Å². The zero-order valence-electron chi connectivity index (χ0n) is 12.8. The zero-order chi connectivity index (χ0) is 15.9. The zero-order valence-corrected chi connectivity index (χ0v) is 13.5. The third kappa shape index (κ3) is 3.82. The molecule has 0 fully saturated rings. The highest BCUT2D eigenvalue weighted by Gasteiger charge is 2.10. The number of benzene rings is 3. The molecule has 0 radical (unpaired) electrons. The molecule has 1 nitrogen and oxygen atoms in total. The SMILES string of the molecule is ClCC=Cc1ccc(N(c2ccccc2)c2ccccc2)cc1. The summed E-state index contributed by atoms with van der Waals surface area (Å²) in [4.78, 5) is 2.25. The van der Waals surface area contributed by atoms with Crippen molar-refractivity contribution in [3.8, 4) is 0 Å². The largest absolute Gasteiger partial charge is 0.311 e. The van der Waals surface area contributed by atoms with E-state index in [1.54, 1.807) is 0 Å². The van der Waals surface area contributed by atoms with Gasteiger partial charge in [0.15, 0.2) is 0 Å². The minimum Gasteiger partial charge on any atom is -0.311 e. The molecule has 3 aromatic rings. The van der Waals surface area contributed by atoms with Gasteiger partial charge in [0.2, 0.25) is 0 Å². The van der Waals surface area contributed by atoms with Crippen molar-refractivity contribution in [2.24, 2.45) is 0 Å². The molecule has 0 saturated heterocycles. The minimum absolute atomic E-state index is 0.530. The van der Waals surface area contributed by atoms with Gasteiger partial charge in [-0.15, -0.1) is 11.6 Å². The predicted octanol–water partition coefficient (Wildman–Crippen LogP) is 6.41. The molecule has 0 bridgehead atoms. The van der Waals surface area contributed by atoms with Crippen molar-refractivity contribution in [3.05, 3.63) is 96.6 Å². The summed E-state index contributed by atoms with van der Waals surface area (Å²) in [5, 5.41) is 0. The van der Waals surface area contributed by atoms with Gasteiger partial charge in [-0.2, -0.15) is 0 Å². The summed E-state index contributed by atoms with van der Waals surface area (Å²) in [7, 11) is 0. The van der Waals surface area contributed by atoms with Crippen LogP contribution in [0.5, 0.6) is 0 Å². The summed E-state index contributed by atoms with van der Waals surface area (Å²) in [5.74, 6) is 0.530. The highest BCUT2D eigenvalue weighted by molar-refractivity contribution is 6.19. The van der Waals surface area contributed by atoms with E-state index in [0.29, 0.717) is 5.88 Å². The third-order valence-electron chi connectivity index (χ3n) is 3.58. The standard InChI is InChI=1S/C21H18ClN/c22-17-7-8-18-13-15-21(16-14-18)23(19-9-3-1-4-10-19)20-11-5-2-6-12-20/h1-16H,17H2. The number of alkyl halides is 1. The second-order valence-electron chi connectivity index (χ2n) is 5.15. The summed E-state index contributed by atoms with van der Waals surface area (Å²) in [5.41, 5.74) is 4.56. The number of allylic oxidation sites excluding steroid dienone is 1. The first-order valence-electron chi connectivity index (χ1n) is 7.61. The molecule has 0 spiro atoms. The van der Waals surface area contributed by atoms with Crippen molar-refractivity contribution in [1.82, 2.24) is 0 Å². The molecule has 0 saturated carbocycles. The monoisotopic (exact) mass is 319 g/mol. The second kappa shape index (κ2) is 7.66. The topological polar surface area (TPSA) is 3.24 Å². The van der Waals surface area contributed by atoms with E-state index in [1.807, 2.05) is 24.3 Å². The summed E-state index contributed by atoms with van der Waals surface area (Å²) < 4.78 is 0. The first kappa shape index (κ1) is 15.4. The lowest BCUT2D eigenvalue weighted by molar-refractivity contribution is 1.28. The van der Waals surface area contributed by atoms with Gasteiger partial charge in [0.25, 0.3) is 0 Å². The van der Waals surface area contributed by atoms with E-state index in [1.165, 1.54) is 0 Å². The van der Waals surface area contributed by atoms with Crippen LogP contribution in [0.1, 0.15) is 5.56 Å². The van der Waals surface area contributed by atoms with Crippen molar-refractivity contribution in [1.29, 1.82) is 0 Å². The Hall–Kier alpha value is -2.51. The van der Waals surface area contributed by atoms with Gasteiger partial charge in [0.05, 0.1) is 0 Å². The van der Waals surface area contributed by atoms with E-state index in [4.69, 9.17) is 11.6 Å². The fourth-order valence-electron chi connectivity index (χ4n) is 2.52.